The van der Waals surface area contributed by atoms with E-state index in [0.29, 0.717) is 0 Å². The third-order valence-corrected chi connectivity index (χ3v) is 2.88. The molecule has 2 nitrogen and oxygen atoms in total. The summed E-state index contributed by atoms with van der Waals surface area (Å²) in [4.78, 5) is 4.39. The Hall–Kier alpha value is -0.760. The molecule has 1 atom stereocenters. The minimum absolute atomic E-state index is 0.205. The van der Waals surface area contributed by atoms with Crippen molar-refractivity contribution in [3.05, 3.63) is 24.3 Å². The van der Waals surface area contributed by atoms with Crippen LogP contribution in [0.15, 0.2) is 18.5 Å². The van der Waals surface area contributed by atoms with Crippen molar-refractivity contribution >= 4 is 17.2 Å². The lowest BCUT2D eigenvalue weighted by Crippen LogP contribution is -2.00. The van der Waals surface area contributed by atoms with Crippen LogP contribution in [0.2, 0.25) is 0 Å². The summed E-state index contributed by atoms with van der Waals surface area (Å²) in [5.41, 5.74) is 1.31. The highest BCUT2D eigenvalue weighted by Crippen LogP contribution is 2.29. The van der Waals surface area contributed by atoms with E-state index in [1.165, 1.54) is 5.57 Å². The number of alkyl halides is 1. The molecule has 0 spiro atoms. The van der Waals surface area contributed by atoms with Gasteiger partial charge in [0.05, 0.1) is 5.38 Å². The van der Waals surface area contributed by atoms with Gasteiger partial charge < -0.3 is 4.57 Å². The second-order valence-electron chi connectivity index (χ2n) is 3.69. The Bertz CT molecular complexity index is 341. The van der Waals surface area contributed by atoms with Crippen LogP contribution >= 0.6 is 11.6 Å². The topological polar surface area (TPSA) is 17.8 Å². The highest BCUT2D eigenvalue weighted by molar-refractivity contribution is 6.22. The van der Waals surface area contributed by atoms with Crippen LogP contribution < -0.4 is 0 Å². The van der Waals surface area contributed by atoms with E-state index in [1.807, 2.05) is 12.4 Å². The van der Waals surface area contributed by atoms with Crippen LogP contribution in [0.3, 0.4) is 0 Å². The first-order chi connectivity index (χ1) is 6.81. The molecule has 0 aromatic carbocycles. The van der Waals surface area contributed by atoms with Gasteiger partial charge in [0.2, 0.25) is 0 Å². The average Bonchev–Trinajstić information content (AvgIpc) is 2.74. The Morgan fingerprint density at radius 2 is 2.50 bits per heavy atom. The number of rotatable bonds is 3. The molecule has 1 aromatic rings. The zero-order valence-electron chi connectivity index (χ0n) is 8.41. The first kappa shape index (κ1) is 9.78. The minimum atomic E-state index is 0.205. The molecule has 0 saturated carbocycles. The van der Waals surface area contributed by atoms with E-state index in [4.69, 9.17) is 11.6 Å². The van der Waals surface area contributed by atoms with Crippen molar-refractivity contribution in [1.29, 1.82) is 0 Å². The Balaban J connectivity index is 2.23. The predicted octanol–water partition coefficient (Wildman–Crippen LogP) is 3.08. The summed E-state index contributed by atoms with van der Waals surface area (Å²) in [7, 11) is 0. The second-order valence-corrected chi connectivity index (χ2v) is 4.25. The summed E-state index contributed by atoms with van der Waals surface area (Å²) in [6.45, 7) is 3.22. The van der Waals surface area contributed by atoms with Gasteiger partial charge in [0.25, 0.3) is 0 Å². The van der Waals surface area contributed by atoms with Crippen molar-refractivity contribution in [2.45, 2.75) is 38.1 Å². The minimum Gasteiger partial charge on any atom is -0.331 e. The zero-order chi connectivity index (χ0) is 9.97. The van der Waals surface area contributed by atoms with Crippen LogP contribution in [0.25, 0.3) is 5.57 Å². The fraction of sp³-hybridized carbons (Fsp3) is 0.545. The van der Waals surface area contributed by atoms with Crippen molar-refractivity contribution in [2.75, 3.05) is 0 Å². The molecule has 1 aliphatic carbocycles. The van der Waals surface area contributed by atoms with Gasteiger partial charge in [-0.25, -0.2) is 4.98 Å². The van der Waals surface area contributed by atoms with Gasteiger partial charge in [0, 0.05) is 18.9 Å². The predicted molar refractivity (Wildman–Crippen MR) is 59.4 cm³/mol. The van der Waals surface area contributed by atoms with Crippen LogP contribution in [-0.4, -0.2) is 14.9 Å². The summed E-state index contributed by atoms with van der Waals surface area (Å²) in [6.07, 6.45) is 9.30. The summed E-state index contributed by atoms with van der Waals surface area (Å²) in [5, 5.41) is 0.205. The number of hydrogen-bond donors (Lipinski definition) is 0. The number of nitrogens with zero attached hydrogens (tertiary/aromatic N) is 2. The maximum Gasteiger partial charge on any atom is 0.135 e. The second kappa shape index (κ2) is 4.18. The molecule has 0 bridgehead atoms. The Morgan fingerprint density at radius 3 is 3.14 bits per heavy atom. The molecule has 14 heavy (non-hydrogen) atoms. The van der Waals surface area contributed by atoms with E-state index in [2.05, 4.69) is 22.6 Å². The van der Waals surface area contributed by atoms with E-state index in [0.717, 1.165) is 31.6 Å². The molecule has 76 valence electrons. The monoisotopic (exact) mass is 210 g/mol. The molecule has 2 rings (SSSR count). The lowest BCUT2D eigenvalue weighted by molar-refractivity contribution is 0.668. The zero-order valence-corrected chi connectivity index (χ0v) is 9.17. The molecule has 0 amide bonds. The van der Waals surface area contributed by atoms with Crippen LogP contribution in [0, 0.1) is 0 Å². The van der Waals surface area contributed by atoms with Gasteiger partial charge in [-0.2, -0.15) is 0 Å². The third-order valence-electron chi connectivity index (χ3n) is 2.54. The summed E-state index contributed by atoms with van der Waals surface area (Å²) in [5.74, 6) is 1.11. The number of allylic oxidation sites excluding steroid dienone is 2. The maximum absolute atomic E-state index is 6.04. The largest absolute Gasteiger partial charge is 0.331 e. The normalized spacial score (nSPS) is 21.3. The molecule has 0 N–H and O–H groups in total. The van der Waals surface area contributed by atoms with Crippen molar-refractivity contribution in [2.24, 2.45) is 0 Å². The average molecular weight is 211 g/mol. The first-order valence-electron chi connectivity index (χ1n) is 5.17. The SMILES string of the molecule is CCCn1ccnc1C1=CC(Cl)CC1. The fourth-order valence-corrected chi connectivity index (χ4v) is 2.14. The number of hydrogen-bond acceptors (Lipinski definition) is 1. The first-order valence-corrected chi connectivity index (χ1v) is 5.61. The molecule has 0 saturated heterocycles. The van der Waals surface area contributed by atoms with Gasteiger partial charge in [-0.3, -0.25) is 0 Å². The van der Waals surface area contributed by atoms with Crippen molar-refractivity contribution in [1.82, 2.24) is 9.55 Å². The molecule has 1 heterocycles. The fourth-order valence-electron chi connectivity index (χ4n) is 1.88. The van der Waals surface area contributed by atoms with Crippen molar-refractivity contribution < 1.29 is 0 Å². The molecule has 1 unspecified atom stereocenters. The number of aromatic nitrogens is 2. The summed E-state index contributed by atoms with van der Waals surface area (Å²) >= 11 is 6.04. The van der Waals surface area contributed by atoms with Crippen LogP contribution in [0.5, 0.6) is 0 Å². The van der Waals surface area contributed by atoms with E-state index < -0.39 is 0 Å². The Kier molecular flexibility index (Phi) is 2.92. The molecular weight excluding hydrogens is 196 g/mol. The van der Waals surface area contributed by atoms with E-state index in [-0.39, 0.29) is 5.38 Å². The highest BCUT2D eigenvalue weighted by atomic mass is 35.5. The molecule has 3 heteroatoms. The van der Waals surface area contributed by atoms with E-state index in [9.17, 15) is 0 Å². The molecule has 1 aromatic heterocycles. The molecule has 0 aliphatic heterocycles. The molecule has 1 aliphatic rings. The van der Waals surface area contributed by atoms with Crippen LogP contribution in [-0.2, 0) is 6.54 Å². The third kappa shape index (κ3) is 1.85. The lowest BCUT2D eigenvalue weighted by Gasteiger charge is -2.05. The van der Waals surface area contributed by atoms with Crippen molar-refractivity contribution in [3.8, 4) is 0 Å². The number of aryl methyl sites for hydroxylation is 1. The van der Waals surface area contributed by atoms with E-state index in [1.54, 1.807) is 0 Å². The van der Waals surface area contributed by atoms with Gasteiger partial charge >= 0.3 is 0 Å². The lowest BCUT2D eigenvalue weighted by atomic mass is 10.2. The quantitative estimate of drug-likeness (QED) is 0.702. The smallest absolute Gasteiger partial charge is 0.135 e. The van der Waals surface area contributed by atoms with Gasteiger partial charge in [0.1, 0.15) is 5.82 Å². The Labute approximate surface area is 89.6 Å². The highest BCUT2D eigenvalue weighted by Gasteiger charge is 2.17. The molecular formula is C11H15ClN2. The molecule has 0 fully saturated rings. The van der Waals surface area contributed by atoms with Gasteiger partial charge in [-0.1, -0.05) is 13.0 Å². The number of imidazole rings is 1. The maximum atomic E-state index is 6.04. The molecule has 0 radical (unpaired) electrons. The standard InChI is InChI=1S/C11H15ClN2/c1-2-6-14-7-5-13-11(14)9-3-4-10(12)8-9/h5,7-8,10H,2-4,6H2,1H3. The number of halogens is 1. The van der Waals surface area contributed by atoms with E-state index >= 15 is 0 Å². The van der Waals surface area contributed by atoms with Crippen LogP contribution in [0.4, 0.5) is 0 Å². The Morgan fingerprint density at radius 1 is 1.64 bits per heavy atom. The van der Waals surface area contributed by atoms with Gasteiger partial charge in [-0.05, 0) is 24.8 Å². The summed E-state index contributed by atoms with van der Waals surface area (Å²) in [6, 6.07) is 0. The van der Waals surface area contributed by atoms with Gasteiger partial charge in [-0.15, -0.1) is 11.6 Å². The van der Waals surface area contributed by atoms with Crippen molar-refractivity contribution in [3.63, 3.8) is 0 Å². The van der Waals surface area contributed by atoms with Gasteiger partial charge in [0.15, 0.2) is 0 Å². The van der Waals surface area contributed by atoms with Crippen LogP contribution in [0.1, 0.15) is 32.0 Å². The summed E-state index contributed by atoms with van der Waals surface area (Å²) < 4.78 is 2.21.